The van der Waals surface area contributed by atoms with Gasteiger partial charge in [0, 0.05) is 44.5 Å². The number of piperazine rings is 1. The number of sulfonamides is 1. The third kappa shape index (κ3) is 4.47. The van der Waals surface area contributed by atoms with Crippen molar-refractivity contribution in [3.05, 3.63) is 71.6 Å². The predicted molar refractivity (Wildman–Crippen MR) is 125 cm³/mol. The average molecular weight is 472 g/mol. The number of rotatable bonds is 7. The SMILES string of the molecule is O=S(=O)(NC[C@@H](c1ccc2c(c1)OCO2)N1CCN(c2ccccc2)CC1)c1cccs1. The second-order valence-electron chi connectivity index (χ2n) is 7.77. The van der Waals surface area contributed by atoms with Gasteiger partial charge in [0.1, 0.15) is 4.21 Å². The van der Waals surface area contributed by atoms with E-state index in [2.05, 4.69) is 38.8 Å². The van der Waals surface area contributed by atoms with Gasteiger partial charge in [-0.2, -0.15) is 0 Å². The van der Waals surface area contributed by atoms with Crippen LogP contribution in [0, 0.1) is 0 Å². The molecule has 0 saturated carbocycles. The molecule has 1 aromatic heterocycles. The van der Waals surface area contributed by atoms with Crippen molar-refractivity contribution in [2.24, 2.45) is 0 Å². The number of hydrogen-bond acceptors (Lipinski definition) is 7. The molecular formula is C23H25N3O4S2. The van der Waals surface area contributed by atoms with Crippen LogP contribution in [-0.4, -0.2) is 52.8 Å². The summed E-state index contributed by atoms with van der Waals surface area (Å²) in [5.41, 5.74) is 2.22. The maximum absolute atomic E-state index is 12.8. The minimum atomic E-state index is -3.55. The number of thiophene rings is 1. The van der Waals surface area contributed by atoms with E-state index in [0.29, 0.717) is 9.96 Å². The van der Waals surface area contributed by atoms with E-state index in [1.165, 1.54) is 17.0 Å². The lowest BCUT2D eigenvalue weighted by molar-refractivity contribution is 0.173. The number of anilines is 1. The van der Waals surface area contributed by atoms with Crippen molar-refractivity contribution in [3.8, 4) is 11.5 Å². The lowest BCUT2D eigenvalue weighted by Gasteiger charge is -2.40. The summed E-state index contributed by atoms with van der Waals surface area (Å²) in [5.74, 6) is 1.43. The molecule has 2 aromatic carbocycles. The standard InChI is InChI=1S/C23H25N3O4S2/c27-32(28,23-7-4-14-31-23)24-16-20(18-8-9-21-22(15-18)30-17-29-21)26-12-10-25(11-13-26)19-5-2-1-3-6-19/h1-9,14-15,20,24H,10-13,16-17H2/t20-/m0/s1. The summed E-state index contributed by atoms with van der Waals surface area (Å²) >= 11 is 1.22. The summed E-state index contributed by atoms with van der Waals surface area (Å²) in [5, 5.41) is 1.77. The van der Waals surface area contributed by atoms with Crippen LogP contribution in [0.5, 0.6) is 11.5 Å². The fourth-order valence-electron chi connectivity index (χ4n) is 4.18. The molecule has 0 radical (unpaired) electrons. The van der Waals surface area contributed by atoms with E-state index in [4.69, 9.17) is 9.47 Å². The first kappa shape index (κ1) is 21.3. The molecule has 32 heavy (non-hydrogen) atoms. The van der Waals surface area contributed by atoms with Crippen LogP contribution < -0.4 is 19.1 Å². The first-order valence-electron chi connectivity index (χ1n) is 10.6. The number of fused-ring (bicyclic) bond motifs is 1. The molecule has 1 N–H and O–H groups in total. The van der Waals surface area contributed by atoms with Crippen LogP contribution >= 0.6 is 11.3 Å². The molecule has 1 atom stereocenters. The smallest absolute Gasteiger partial charge is 0.250 e. The molecule has 3 heterocycles. The van der Waals surface area contributed by atoms with Crippen molar-refractivity contribution >= 4 is 27.0 Å². The highest BCUT2D eigenvalue weighted by atomic mass is 32.2. The Morgan fingerprint density at radius 2 is 1.72 bits per heavy atom. The molecule has 9 heteroatoms. The van der Waals surface area contributed by atoms with Crippen LogP contribution in [0.1, 0.15) is 11.6 Å². The first-order valence-corrected chi connectivity index (χ1v) is 12.9. The molecule has 0 bridgehead atoms. The molecule has 0 amide bonds. The first-order chi connectivity index (χ1) is 15.6. The molecule has 2 aliphatic heterocycles. The van der Waals surface area contributed by atoms with E-state index >= 15 is 0 Å². The molecule has 168 valence electrons. The minimum absolute atomic E-state index is 0.114. The average Bonchev–Trinajstić information content (AvgIpc) is 3.53. The second kappa shape index (κ2) is 9.11. The largest absolute Gasteiger partial charge is 0.454 e. The molecular weight excluding hydrogens is 446 g/mol. The Morgan fingerprint density at radius 3 is 2.47 bits per heavy atom. The van der Waals surface area contributed by atoms with E-state index in [1.807, 2.05) is 24.3 Å². The fraction of sp³-hybridized carbons (Fsp3) is 0.304. The summed E-state index contributed by atoms with van der Waals surface area (Å²) in [6, 6.07) is 19.5. The molecule has 2 aliphatic rings. The van der Waals surface area contributed by atoms with Gasteiger partial charge in [0.25, 0.3) is 0 Å². The van der Waals surface area contributed by atoms with Crippen molar-refractivity contribution in [2.45, 2.75) is 10.3 Å². The maximum Gasteiger partial charge on any atom is 0.250 e. The normalized spacial score (nSPS) is 17.4. The van der Waals surface area contributed by atoms with Gasteiger partial charge >= 0.3 is 0 Å². The van der Waals surface area contributed by atoms with Crippen LogP contribution in [0.25, 0.3) is 0 Å². The van der Waals surface area contributed by atoms with Crippen molar-refractivity contribution in [2.75, 3.05) is 44.4 Å². The Kier molecular flexibility index (Phi) is 6.05. The number of nitrogens with one attached hydrogen (secondary N) is 1. The summed E-state index contributed by atoms with van der Waals surface area (Å²) in [7, 11) is -3.55. The zero-order valence-corrected chi connectivity index (χ0v) is 19.1. The maximum atomic E-state index is 12.8. The highest BCUT2D eigenvalue weighted by Gasteiger charge is 2.28. The monoisotopic (exact) mass is 471 g/mol. The van der Waals surface area contributed by atoms with Crippen molar-refractivity contribution in [1.29, 1.82) is 0 Å². The van der Waals surface area contributed by atoms with Gasteiger partial charge in [-0.25, -0.2) is 13.1 Å². The summed E-state index contributed by atoms with van der Waals surface area (Å²) in [6.07, 6.45) is 0. The van der Waals surface area contributed by atoms with Crippen LogP contribution in [0.15, 0.2) is 70.3 Å². The van der Waals surface area contributed by atoms with Crippen LogP contribution in [0.3, 0.4) is 0 Å². The van der Waals surface area contributed by atoms with Gasteiger partial charge in [-0.1, -0.05) is 30.3 Å². The van der Waals surface area contributed by atoms with Gasteiger partial charge in [0.2, 0.25) is 16.8 Å². The van der Waals surface area contributed by atoms with Crippen molar-refractivity contribution in [1.82, 2.24) is 9.62 Å². The van der Waals surface area contributed by atoms with Gasteiger partial charge in [-0.3, -0.25) is 4.90 Å². The zero-order valence-electron chi connectivity index (χ0n) is 17.5. The second-order valence-corrected chi connectivity index (χ2v) is 10.7. The zero-order chi connectivity index (χ0) is 22.0. The Balaban J connectivity index is 1.35. The summed E-state index contributed by atoms with van der Waals surface area (Å²) < 4.78 is 39.7. The van der Waals surface area contributed by atoms with Crippen LogP contribution in [0.2, 0.25) is 0 Å². The van der Waals surface area contributed by atoms with E-state index < -0.39 is 10.0 Å². The minimum Gasteiger partial charge on any atom is -0.454 e. The number of hydrogen-bond donors (Lipinski definition) is 1. The van der Waals surface area contributed by atoms with Gasteiger partial charge in [0.15, 0.2) is 11.5 Å². The number of benzene rings is 2. The van der Waals surface area contributed by atoms with Gasteiger partial charge in [-0.15, -0.1) is 11.3 Å². The van der Waals surface area contributed by atoms with Gasteiger partial charge < -0.3 is 14.4 Å². The van der Waals surface area contributed by atoms with Crippen molar-refractivity contribution < 1.29 is 17.9 Å². The van der Waals surface area contributed by atoms with Crippen molar-refractivity contribution in [3.63, 3.8) is 0 Å². The molecule has 0 unspecified atom stereocenters. The van der Waals surface area contributed by atoms with Crippen LogP contribution in [0.4, 0.5) is 5.69 Å². The van der Waals surface area contributed by atoms with E-state index in [-0.39, 0.29) is 19.4 Å². The summed E-state index contributed by atoms with van der Waals surface area (Å²) in [6.45, 7) is 3.91. The van der Waals surface area contributed by atoms with E-state index in [0.717, 1.165) is 37.5 Å². The molecule has 5 rings (SSSR count). The topological polar surface area (TPSA) is 71.1 Å². The lowest BCUT2D eigenvalue weighted by atomic mass is 10.0. The molecule has 0 aliphatic carbocycles. The highest BCUT2D eigenvalue weighted by Crippen LogP contribution is 2.36. The quantitative estimate of drug-likeness (QED) is 0.570. The number of para-hydroxylation sites is 1. The van der Waals surface area contributed by atoms with E-state index in [9.17, 15) is 8.42 Å². The van der Waals surface area contributed by atoms with Crippen LogP contribution in [-0.2, 0) is 10.0 Å². The Labute approximate surface area is 192 Å². The number of ether oxygens (including phenoxy) is 2. The summed E-state index contributed by atoms with van der Waals surface area (Å²) in [4.78, 5) is 4.71. The molecule has 3 aromatic rings. The highest BCUT2D eigenvalue weighted by molar-refractivity contribution is 7.91. The third-order valence-corrected chi connectivity index (χ3v) is 8.71. The Bertz CT molecular complexity index is 1150. The van der Waals surface area contributed by atoms with E-state index in [1.54, 1.807) is 17.5 Å². The number of nitrogens with zero attached hydrogens (tertiary/aromatic N) is 2. The lowest BCUT2D eigenvalue weighted by Crippen LogP contribution is -2.49. The predicted octanol–water partition coefficient (Wildman–Crippen LogP) is 3.32. The molecule has 7 nitrogen and oxygen atoms in total. The Morgan fingerprint density at radius 1 is 0.938 bits per heavy atom. The van der Waals surface area contributed by atoms with Gasteiger partial charge in [0.05, 0.1) is 0 Å². The molecule has 1 saturated heterocycles. The molecule has 0 spiro atoms. The molecule has 1 fully saturated rings. The van der Waals surface area contributed by atoms with Gasteiger partial charge in [-0.05, 0) is 41.3 Å². The third-order valence-electron chi connectivity index (χ3n) is 5.88. The Hall–Kier alpha value is -2.59. The fourth-order valence-corrected chi connectivity index (χ4v) is 6.26.